The molecule has 1 nitrogen and oxygen atoms in total. The minimum Gasteiger partial charge on any atom is -0.381 e. The molecule has 0 unspecified atom stereocenters. The maximum Gasteiger partial charge on any atom is 0.0476 e. The topological polar surface area (TPSA) is 9.23 Å². The summed E-state index contributed by atoms with van der Waals surface area (Å²) in [7, 11) is -0.898. The van der Waals surface area contributed by atoms with Crippen molar-refractivity contribution in [3.05, 3.63) is 0 Å². The van der Waals surface area contributed by atoms with Crippen LogP contribution < -0.4 is 0 Å². The number of ether oxygens (including phenoxy) is 1. The average Bonchev–Trinajstić information content (AvgIpc) is 2.19. The Morgan fingerprint density at radius 3 is 2.06 bits per heavy atom. The molecule has 0 aliphatic heterocycles. The summed E-state index contributed by atoms with van der Waals surface area (Å²) in [6.07, 6.45) is 5.23. The van der Waals surface area contributed by atoms with Crippen LogP contribution in [-0.4, -0.2) is 21.3 Å². The second-order valence-corrected chi connectivity index (χ2v) is 12.6. The van der Waals surface area contributed by atoms with Crippen LogP contribution in [-0.2, 0) is 4.74 Å². The first-order valence-electron chi connectivity index (χ1n) is 7.91. The van der Waals surface area contributed by atoms with E-state index in [9.17, 15) is 0 Å². The number of unbranched alkanes of at least 4 members (excludes halogenated alkanes) is 2. The molecular formula is C16H36OSi. The Morgan fingerprint density at radius 2 is 1.50 bits per heavy atom. The van der Waals surface area contributed by atoms with Gasteiger partial charge in [-0.25, -0.2) is 0 Å². The summed E-state index contributed by atoms with van der Waals surface area (Å²) in [5, 5.41) is 0. The third-order valence-corrected chi connectivity index (χ3v) is 7.07. The van der Waals surface area contributed by atoms with Crippen molar-refractivity contribution in [3.63, 3.8) is 0 Å². The largest absolute Gasteiger partial charge is 0.381 e. The third kappa shape index (κ3) is 12.6. The van der Waals surface area contributed by atoms with Gasteiger partial charge in [0.25, 0.3) is 0 Å². The monoisotopic (exact) mass is 272 g/mol. The van der Waals surface area contributed by atoms with E-state index in [1.165, 1.54) is 37.8 Å². The van der Waals surface area contributed by atoms with Crippen molar-refractivity contribution in [1.29, 1.82) is 0 Å². The van der Waals surface area contributed by atoms with Crippen LogP contribution in [0.2, 0.25) is 25.2 Å². The fraction of sp³-hybridized carbons (Fsp3) is 1.00. The smallest absolute Gasteiger partial charge is 0.0476 e. The Bertz CT molecular complexity index is 188. The Kier molecular flexibility index (Phi) is 10.1. The molecule has 0 fully saturated rings. The lowest BCUT2D eigenvalue weighted by molar-refractivity contribution is 0.120. The van der Waals surface area contributed by atoms with Crippen LogP contribution in [0.25, 0.3) is 0 Å². The van der Waals surface area contributed by atoms with Crippen molar-refractivity contribution in [1.82, 2.24) is 0 Å². The van der Waals surface area contributed by atoms with Gasteiger partial charge in [0.1, 0.15) is 0 Å². The molecule has 0 rings (SSSR count). The van der Waals surface area contributed by atoms with E-state index in [2.05, 4.69) is 40.8 Å². The van der Waals surface area contributed by atoms with Crippen LogP contribution in [0.5, 0.6) is 0 Å². The zero-order valence-corrected chi connectivity index (χ0v) is 14.7. The second kappa shape index (κ2) is 10.0. The first kappa shape index (κ1) is 18.2. The van der Waals surface area contributed by atoms with E-state index >= 15 is 0 Å². The average molecular weight is 273 g/mol. The summed E-state index contributed by atoms with van der Waals surface area (Å²) < 4.78 is 5.65. The van der Waals surface area contributed by atoms with E-state index in [0.717, 1.165) is 25.0 Å². The number of hydrogen-bond acceptors (Lipinski definition) is 1. The SMILES string of the molecule is CC(C)CCOCCCCC[Si](C)(C)CC(C)C. The second-order valence-electron chi connectivity index (χ2n) is 7.37. The first-order valence-corrected chi connectivity index (χ1v) is 11.3. The van der Waals surface area contributed by atoms with E-state index in [1.54, 1.807) is 0 Å². The molecule has 0 aliphatic rings. The summed E-state index contributed by atoms with van der Waals surface area (Å²) in [6, 6.07) is 2.98. The molecule has 0 aromatic carbocycles. The van der Waals surface area contributed by atoms with E-state index in [-0.39, 0.29) is 0 Å². The fourth-order valence-electron chi connectivity index (χ4n) is 2.61. The summed E-state index contributed by atoms with van der Waals surface area (Å²) in [5.41, 5.74) is 0. The summed E-state index contributed by atoms with van der Waals surface area (Å²) >= 11 is 0. The first-order chi connectivity index (χ1) is 8.33. The molecule has 0 aromatic rings. The molecule has 0 heterocycles. The van der Waals surface area contributed by atoms with Crippen molar-refractivity contribution < 1.29 is 4.74 Å². The lowest BCUT2D eigenvalue weighted by Crippen LogP contribution is -2.26. The quantitative estimate of drug-likeness (QED) is 0.352. The van der Waals surface area contributed by atoms with Gasteiger partial charge in [0.15, 0.2) is 0 Å². The van der Waals surface area contributed by atoms with Gasteiger partial charge in [0, 0.05) is 21.3 Å². The Labute approximate surface area is 117 Å². The number of hydrogen-bond donors (Lipinski definition) is 0. The van der Waals surface area contributed by atoms with E-state index in [1.807, 2.05) is 0 Å². The van der Waals surface area contributed by atoms with Gasteiger partial charge >= 0.3 is 0 Å². The summed E-state index contributed by atoms with van der Waals surface area (Å²) in [5.74, 6) is 1.65. The predicted molar refractivity (Wildman–Crippen MR) is 86.1 cm³/mol. The molecule has 0 aromatic heterocycles. The maximum atomic E-state index is 5.65. The highest BCUT2D eigenvalue weighted by molar-refractivity contribution is 6.77. The molecule has 110 valence electrons. The van der Waals surface area contributed by atoms with Gasteiger partial charge < -0.3 is 4.74 Å². The van der Waals surface area contributed by atoms with Crippen LogP contribution in [0, 0.1) is 11.8 Å². The van der Waals surface area contributed by atoms with Crippen molar-refractivity contribution in [2.24, 2.45) is 11.8 Å². The van der Waals surface area contributed by atoms with Gasteiger partial charge in [-0.2, -0.15) is 0 Å². The third-order valence-electron chi connectivity index (χ3n) is 3.44. The van der Waals surface area contributed by atoms with Crippen LogP contribution in [0.4, 0.5) is 0 Å². The molecular weight excluding hydrogens is 236 g/mol. The van der Waals surface area contributed by atoms with Gasteiger partial charge in [0.2, 0.25) is 0 Å². The highest BCUT2D eigenvalue weighted by atomic mass is 28.3. The minimum absolute atomic E-state index is 0.771. The van der Waals surface area contributed by atoms with Crippen LogP contribution >= 0.6 is 0 Å². The van der Waals surface area contributed by atoms with Crippen LogP contribution in [0.1, 0.15) is 53.4 Å². The molecule has 0 saturated heterocycles. The van der Waals surface area contributed by atoms with Crippen molar-refractivity contribution in [2.75, 3.05) is 13.2 Å². The van der Waals surface area contributed by atoms with Crippen LogP contribution in [0.3, 0.4) is 0 Å². The highest BCUT2D eigenvalue weighted by Crippen LogP contribution is 2.23. The Hall–Kier alpha value is 0.177. The maximum absolute atomic E-state index is 5.65. The van der Waals surface area contributed by atoms with Crippen LogP contribution in [0.15, 0.2) is 0 Å². The molecule has 0 saturated carbocycles. The standard InChI is InChI=1S/C16H36OSi/c1-15(2)10-12-17-11-8-7-9-13-18(5,6)14-16(3)4/h15-16H,7-14H2,1-6H3. The fourth-order valence-corrected chi connectivity index (χ4v) is 6.23. The molecule has 0 spiro atoms. The van der Waals surface area contributed by atoms with E-state index in [0.29, 0.717) is 0 Å². The van der Waals surface area contributed by atoms with Crippen molar-refractivity contribution in [2.45, 2.75) is 78.6 Å². The molecule has 0 atom stereocenters. The molecule has 0 aliphatic carbocycles. The van der Waals surface area contributed by atoms with Gasteiger partial charge in [-0.1, -0.05) is 65.7 Å². The van der Waals surface area contributed by atoms with E-state index in [4.69, 9.17) is 4.74 Å². The van der Waals surface area contributed by atoms with Gasteiger partial charge in [-0.05, 0) is 24.7 Å². The zero-order valence-electron chi connectivity index (χ0n) is 13.7. The van der Waals surface area contributed by atoms with Gasteiger partial charge in [0.05, 0.1) is 0 Å². The lowest BCUT2D eigenvalue weighted by atomic mass is 10.1. The molecule has 2 heteroatoms. The molecule has 0 bridgehead atoms. The molecule has 0 amide bonds. The van der Waals surface area contributed by atoms with E-state index < -0.39 is 8.07 Å². The summed E-state index contributed by atoms with van der Waals surface area (Å²) in [6.45, 7) is 16.2. The number of rotatable bonds is 11. The van der Waals surface area contributed by atoms with Gasteiger partial charge in [-0.3, -0.25) is 0 Å². The highest BCUT2D eigenvalue weighted by Gasteiger charge is 2.20. The predicted octanol–water partition coefficient (Wildman–Crippen LogP) is 5.58. The normalized spacial score (nSPS) is 12.7. The molecule has 0 radical (unpaired) electrons. The molecule has 0 N–H and O–H groups in total. The van der Waals surface area contributed by atoms with Crippen molar-refractivity contribution in [3.8, 4) is 0 Å². The minimum atomic E-state index is -0.898. The Balaban J connectivity index is 3.34. The molecule has 18 heavy (non-hydrogen) atoms. The zero-order chi connectivity index (χ0) is 14.0. The van der Waals surface area contributed by atoms with Gasteiger partial charge in [-0.15, -0.1) is 0 Å². The Morgan fingerprint density at radius 1 is 0.833 bits per heavy atom. The summed E-state index contributed by atoms with van der Waals surface area (Å²) in [4.78, 5) is 0. The van der Waals surface area contributed by atoms with Crippen molar-refractivity contribution >= 4 is 8.07 Å². The lowest BCUT2D eigenvalue weighted by Gasteiger charge is -2.24.